The molecule has 1 aromatic rings. The number of ether oxygens (including phenoxy) is 1. The fourth-order valence-electron chi connectivity index (χ4n) is 1.29. The number of aromatic amines is 1. The number of hydrogen-bond acceptors (Lipinski definition) is 4. The molecule has 5 nitrogen and oxygen atoms in total. The Labute approximate surface area is 128 Å². The van der Waals surface area contributed by atoms with Gasteiger partial charge in [0, 0.05) is 5.69 Å². The van der Waals surface area contributed by atoms with E-state index >= 15 is 0 Å². The minimum absolute atomic E-state index is 0.0383. The van der Waals surface area contributed by atoms with Gasteiger partial charge >= 0.3 is 12.1 Å². The quantitative estimate of drug-likeness (QED) is 0.836. The van der Waals surface area contributed by atoms with E-state index < -0.39 is 23.4 Å². The van der Waals surface area contributed by atoms with E-state index in [0.717, 1.165) is 12.6 Å². The Morgan fingerprint density at radius 3 is 2.14 bits per heavy atom. The van der Waals surface area contributed by atoms with Crippen LogP contribution in [-0.4, -0.2) is 37.9 Å². The molecule has 0 aromatic carbocycles. The molecule has 0 saturated carbocycles. The largest absolute Gasteiger partial charge is 0.461 e. The van der Waals surface area contributed by atoms with Gasteiger partial charge in [-0.25, -0.2) is 4.79 Å². The van der Waals surface area contributed by atoms with E-state index in [9.17, 15) is 18.0 Å². The smallest absolute Gasteiger partial charge is 0.418 e. The Bertz CT molecular complexity index is 429. The van der Waals surface area contributed by atoms with Crippen LogP contribution in [0.3, 0.4) is 0 Å². The number of alkyl halides is 3. The number of nitrogens with one attached hydrogen (secondary N) is 2. The van der Waals surface area contributed by atoms with Crippen LogP contribution in [0, 0.1) is 0 Å². The Morgan fingerprint density at radius 1 is 1.32 bits per heavy atom. The lowest BCUT2D eigenvalue weighted by Gasteiger charge is -2.06. The standard InChI is InChI=1S/C10H12F3NO2.C3H9N.CH2O/c1-3-6-5-7(10(11,12)13)8(14-6)9(15)16-4-2;1-3-4-2;1-2/h5,14H,3-4H2,1-2H3;4H,3H2,1-2H3;1H2. The molecular formula is C14H23F3N2O3. The number of rotatable bonds is 4. The molecule has 0 spiro atoms. The highest BCUT2D eigenvalue weighted by Gasteiger charge is 2.37. The van der Waals surface area contributed by atoms with Crippen molar-refractivity contribution in [2.45, 2.75) is 33.4 Å². The summed E-state index contributed by atoms with van der Waals surface area (Å²) in [6.45, 7) is 8.41. The zero-order chi connectivity index (χ0) is 17.8. The minimum Gasteiger partial charge on any atom is -0.461 e. The van der Waals surface area contributed by atoms with Crippen LogP contribution in [-0.2, 0) is 22.1 Å². The van der Waals surface area contributed by atoms with Crippen LogP contribution in [0.5, 0.6) is 0 Å². The van der Waals surface area contributed by atoms with E-state index in [1.54, 1.807) is 6.92 Å². The maximum atomic E-state index is 12.6. The molecule has 1 rings (SSSR count). The Morgan fingerprint density at radius 2 is 1.82 bits per heavy atom. The normalized spacial score (nSPS) is 9.95. The molecule has 1 aromatic heterocycles. The van der Waals surface area contributed by atoms with Crippen molar-refractivity contribution < 1.29 is 27.5 Å². The molecule has 0 unspecified atom stereocenters. The van der Waals surface area contributed by atoms with E-state index in [1.165, 1.54) is 6.92 Å². The molecule has 0 amide bonds. The predicted octanol–water partition coefficient (Wildman–Crippen LogP) is 2.81. The van der Waals surface area contributed by atoms with E-state index in [2.05, 4.69) is 22.0 Å². The third kappa shape index (κ3) is 7.82. The fraction of sp³-hybridized carbons (Fsp3) is 0.571. The lowest BCUT2D eigenvalue weighted by Crippen LogP contribution is -2.13. The summed E-state index contributed by atoms with van der Waals surface area (Å²) in [5.74, 6) is -0.977. The first kappa shape index (κ1) is 22.5. The van der Waals surface area contributed by atoms with Crippen molar-refractivity contribution in [3.05, 3.63) is 23.0 Å². The zero-order valence-electron chi connectivity index (χ0n) is 13.3. The lowest BCUT2D eigenvalue weighted by atomic mass is 10.2. The topological polar surface area (TPSA) is 71.2 Å². The number of aromatic nitrogens is 1. The van der Waals surface area contributed by atoms with Gasteiger partial charge in [-0.15, -0.1) is 0 Å². The summed E-state index contributed by atoms with van der Waals surface area (Å²) in [5, 5.41) is 2.93. The van der Waals surface area contributed by atoms with Crippen LogP contribution in [0.25, 0.3) is 0 Å². The van der Waals surface area contributed by atoms with Crippen molar-refractivity contribution in [3.8, 4) is 0 Å². The number of carbonyl (C=O) groups excluding carboxylic acids is 2. The van der Waals surface area contributed by atoms with Gasteiger partial charge in [-0.05, 0) is 33.0 Å². The van der Waals surface area contributed by atoms with Crippen LogP contribution in [0.1, 0.15) is 42.5 Å². The molecule has 2 N–H and O–H groups in total. The predicted molar refractivity (Wildman–Crippen MR) is 77.9 cm³/mol. The summed E-state index contributed by atoms with van der Waals surface area (Å²) in [6, 6.07) is 0.937. The van der Waals surface area contributed by atoms with Crippen LogP contribution < -0.4 is 5.32 Å². The molecule has 0 bridgehead atoms. The molecule has 0 radical (unpaired) electrons. The lowest BCUT2D eigenvalue weighted by molar-refractivity contribution is -0.138. The van der Waals surface area contributed by atoms with Gasteiger partial charge in [0.1, 0.15) is 12.5 Å². The minimum atomic E-state index is -4.55. The first-order valence-electron chi connectivity index (χ1n) is 6.71. The molecule has 0 aliphatic heterocycles. The molecule has 0 saturated heterocycles. The molecule has 0 aliphatic carbocycles. The number of H-pyrrole nitrogens is 1. The van der Waals surface area contributed by atoms with Crippen LogP contribution >= 0.6 is 0 Å². The Hall–Kier alpha value is -1.83. The van der Waals surface area contributed by atoms with Crippen molar-refractivity contribution in [1.82, 2.24) is 10.3 Å². The van der Waals surface area contributed by atoms with Gasteiger partial charge < -0.3 is 19.8 Å². The summed E-state index contributed by atoms with van der Waals surface area (Å²) < 4.78 is 42.3. The molecule has 22 heavy (non-hydrogen) atoms. The second-order valence-corrected chi connectivity index (χ2v) is 3.86. The summed E-state index contributed by atoms with van der Waals surface area (Å²) in [4.78, 5) is 21.7. The van der Waals surface area contributed by atoms with Crippen molar-refractivity contribution >= 4 is 12.8 Å². The molecular weight excluding hydrogens is 301 g/mol. The fourth-order valence-corrected chi connectivity index (χ4v) is 1.29. The number of carbonyl (C=O) groups is 2. The SMILES string of the molecule is C=O.CCNC.CCOC(=O)c1[nH]c(CC)cc1C(F)(F)F. The average molecular weight is 324 g/mol. The molecule has 1 heterocycles. The first-order valence-corrected chi connectivity index (χ1v) is 6.71. The van der Waals surface area contributed by atoms with E-state index in [4.69, 9.17) is 4.79 Å². The third-order valence-electron chi connectivity index (χ3n) is 2.39. The Kier molecular flexibility index (Phi) is 12.0. The summed E-state index contributed by atoms with van der Waals surface area (Å²) >= 11 is 0. The molecule has 0 atom stereocenters. The third-order valence-corrected chi connectivity index (χ3v) is 2.39. The zero-order valence-corrected chi connectivity index (χ0v) is 13.3. The number of halogens is 3. The van der Waals surface area contributed by atoms with Crippen molar-refractivity contribution in [2.75, 3.05) is 20.2 Å². The van der Waals surface area contributed by atoms with Gasteiger partial charge in [-0.2, -0.15) is 13.2 Å². The number of esters is 1. The van der Waals surface area contributed by atoms with Gasteiger partial charge in [0.05, 0.1) is 12.2 Å². The van der Waals surface area contributed by atoms with Crippen LogP contribution in [0.15, 0.2) is 6.07 Å². The van der Waals surface area contributed by atoms with E-state index in [0.29, 0.717) is 12.1 Å². The monoisotopic (exact) mass is 324 g/mol. The van der Waals surface area contributed by atoms with Crippen molar-refractivity contribution in [3.63, 3.8) is 0 Å². The Balaban J connectivity index is 0. The summed E-state index contributed by atoms with van der Waals surface area (Å²) in [6.07, 6.45) is -4.16. The van der Waals surface area contributed by atoms with Crippen LogP contribution in [0.2, 0.25) is 0 Å². The highest BCUT2D eigenvalue weighted by Crippen LogP contribution is 2.33. The molecule has 8 heteroatoms. The van der Waals surface area contributed by atoms with E-state index in [-0.39, 0.29) is 6.61 Å². The second kappa shape index (κ2) is 11.8. The van der Waals surface area contributed by atoms with Crippen LogP contribution in [0.4, 0.5) is 13.2 Å². The molecule has 0 fully saturated rings. The maximum absolute atomic E-state index is 12.6. The van der Waals surface area contributed by atoms with Gasteiger partial charge in [0.25, 0.3) is 0 Å². The van der Waals surface area contributed by atoms with Gasteiger partial charge in [-0.1, -0.05) is 13.8 Å². The maximum Gasteiger partial charge on any atom is 0.418 e. The van der Waals surface area contributed by atoms with Crippen molar-refractivity contribution in [2.24, 2.45) is 0 Å². The molecule has 128 valence electrons. The highest BCUT2D eigenvalue weighted by atomic mass is 19.4. The number of aryl methyl sites for hydroxylation is 1. The van der Waals surface area contributed by atoms with Crippen molar-refractivity contribution in [1.29, 1.82) is 0 Å². The second-order valence-electron chi connectivity index (χ2n) is 3.86. The first-order chi connectivity index (χ1) is 10.3. The average Bonchev–Trinajstić information content (AvgIpc) is 2.94. The van der Waals surface area contributed by atoms with Gasteiger partial charge in [0.2, 0.25) is 0 Å². The van der Waals surface area contributed by atoms with Gasteiger partial charge in [0.15, 0.2) is 0 Å². The summed E-state index contributed by atoms with van der Waals surface area (Å²) in [5.41, 5.74) is -1.13. The van der Waals surface area contributed by atoms with Gasteiger partial charge in [-0.3, -0.25) is 0 Å². The molecule has 0 aliphatic rings. The number of hydrogen-bond donors (Lipinski definition) is 2. The van der Waals surface area contributed by atoms with E-state index in [1.807, 2.05) is 13.8 Å². The highest BCUT2D eigenvalue weighted by molar-refractivity contribution is 5.89. The summed E-state index contributed by atoms with van der Waals surface area (Å²) in [7, 11) is 1.93.